The van der Waals surface area contributed by atoms with Gasteiger partial charge in [0, 0.05) is 19.4 Å². The molecule has 0 aliphatic rings. The van der Waals surface area contributed by atoms with Crippen molar-refractivity contribution in [3.8, 4) is 0 Å². The van der Waals surface area contributed by atoms with Crippen LogP contribution in [0.1, 0.15) is 226 Å². The van der Waals surface area contributed by atoms with Crippen LogP contribution in [0.2, 0.25) is 0 Å². The smallest absolute Gasteiger partial charge is 0.306 e. The van der Waals surface area contributed by atoms with E-state index in [0.717, 1.165) is 135 Å². The highest BCUT2D eigenvalue weighted by Gasteiger charge is 2.17. The number of esters is 2. The lowest BCUT2D eigenvalue weighted by molar-refractivity contribution is -0.163. The first kappa shape index (κ1) is 62.3. The predicted molar refractivity (Wildman–Crippen MR) is 288 cm³/mol. The summed E-state index contributed by atoms with van der Waals surface area (Å²) in [5.74, 6) is -0.446. The molecule has 0 aromatic heterocycles. The number of unbranched alkanes of at least 4 members (excludes halogenated alkanes) is 17. The topological polar surface area (TPSA) is 61.8 Å². The predicted octanol–water partition coefficient (Wildman–Crippen LogP) is 18.6. The minimum absolute atomic E-state index is 0.0564. The molecular formula is C61H100O5. The molecule has 66 heavy (non-hydrogen) atoms. The van der Waals surface area contributed by atoms with Crippen molar-refractivity contribution >= 4 is 11.9 Å². The molecule has 0 aromatic rings. The van der Waals surface area contributed by atoms with Crippen LogP contribution in [0, 0.1) is 0 Å². The fourth-order valence-corrected chi connectivity index (χ4v) is 6.98. The molecular weight excluding hydrogens is 813 g/mol. The van der Waals surface area contributed by atoms with Gasteiger partial charge < -0.3 is 14.2 Å². The lowest BCUT2D eigenvalue weighted by atomic mass is 10.1. The second-order valence-corrected chi connectivity index (χ2v) is 17.4. The van der Waals surface area contributed by atoms with E-state index in [1.807, 2.05) is 0 Å². The summed E-state index contributed by atoms with van der Waals surface area (Å²) < 4.78 is 17.4. The number of allylic oxidation sites excluding steroid dienone is 20. The Morgan fingerprint density at radius 2 is 0.682 bits per heavy atom. The van der Waals surface area contributed by atoms with Gasteiger partial charge in [0.05, 0.1) is 6.61 Å². The third-order valence-corrected chi connectivity index (χ3v) is 11.0. The van der Waals surface area contributed by atoms with Gasteiger partial charge in [-0.3, -0.25) is 9.59 Å². The van der Waals surface area contributed by atoms with E-state index in [2.05, 4.69) is 142 Å². The van der Waals surface area contributed by atoms with E-state index in [4.69, 9.17) is 14.2 Å². The Labute approximate surface area is 407 Å². The Kier molecular flexibility index (Phi) is 52.5. The van der Waals surface area contributed by atoms with E-state index in [1.54, 1.807) is 0 Å². The van der Waals surface area contributed by atoms with Gasteiger partial charge in [-0.05, 0) is 122 Å². The molecule has 5 heteroatoms. The molecule has 0 fully saturated rings. The number of hydrogen-bond acceptors (Lipinski definition) is 5. The first-order chi connectivity index (χ1) is 32.6. The minimum Gasteiger partial charge on any atom is -0.462 e. The third kappa shape index (κ3) is 52.9. The van der Waals surface area contributed by atoms with Gasteiger partial charge in [-0.15, -0.1) is 0 Å². The van der Waals surface area contributed by atoms with Crippen LogP contribution in [0.15, 0.2) is 122 Å². The molecule has 0 aliphatic carbocycles. The minimum atomic E-state index is -0.568. The zero-order valence-corrected chi connectivity index (χ0v) is 42.9. The van der Waals surface area contributed by atoms with Crippen molar-refractivity contribution in [2.45, 2.75) is 232 Å². The van der Waals surface area contributed by atoms with Gasteiger partial charge in [0.1, 0.15) is 6.61 Å². The molecule has 0 rings (SSSR count). The van der Waals surface area contributed by atoms with Crippen LogP contribution in [0.4, 0.5) is 0 Å². The summed E-state index contributed by atoms with van der Waals surface area (Å²) in [6.07, 6.45) is 77.8. The van der Waals surface area contributed by atoms with Crippen LogP contribution in [-0.4, -0.2) is 37.9 Å². The van der Waals surface area contributed by atoms with Gasteiger partial charge in [-0.1, -0.05) is 213 Å². The molecule has 0 heterocycles. The lowest BCUT2D eigenvalue weighted by Crippen LogP contribution is -2.30. The summed E-state index contributed by atoms with van der Waals surface area (Å²) in [4.78, 5) is 25.4. The van der Waals surface area contributed by atoms with Gasteiger partial charge in [0.15, 0.2) is 6.10 Å². The Morgan fingerprint density at radius 1 is 0.348 bits per heavy atom. The number of carbonyl (C=O) groups is 2. The molecule has 0 N–H and O–H groups in total. The number of carbonyl (C=O) groups excluding carboxylic acids is 2. The fourth-order valence-electron chi connectivity index (χ4n) is 6.98. The number of hydrogen-bond donors (Lipinski definition) is 0. The van der Waals surface area contributed by atoms with Crippen LogP contribution in [0.25, 0.3) is 0 Å². The molecule has 0 amide bonds. The number of rotatable bonds is 48. The molecule has 1 atom stereocenters. The van der Waals surface area contributed by atoms with Crippen LogP contribution < -0.4 is 0 Å². The van der Waals surface area contributed by atoms with E-state index in [-0.39, 0.29) is 25.2 Å². The Bertz CT molecular complexity index is 1350. The van der Waals surface area contributed by atoms with Crippen molar-refractivity contribution in [1.82, 2.24) is 0 Å². The van der Waals surface area contributed by atoms with Gasteiger partial charge in [-0.2, -0.15) is 0 Å². The van der Waals surface area contributed by atoms with Crippen molar-refractivity contribution in [3.63, 3.8) is 0 Å². The maximum Gasteiger partial charge on any atom is 0.306 e. The van der Waals surface area contributed by atoms with E-state index >= 15 is 0 Å². The van der Waals surface area contributed by atoms with Gasteiger partial charge in [0.2, 0.25) is 0 Å². The number of ether oxygens (including phenoxy) is 3. The summed E-state index contributed by atoms with van der Waals surface area (Å²) in [5, 5.41) is 0. The monoisotopic (exact) mass is 913 g/mol. The van der Waals surface area contributed by atoms with Gasteiger partial charge in [0.25, 0.3) is 0 Å². The van der Waals surface area contributed by atoms with E-state index in [1.165, 1.54) is 57.8 Å². The zero-order chi connectivity index (χ0) is 47.7. The molecule has 0 saturated carbocycles. The molecule has 0 aromatic carbocycles. The van der Waals surface area contributed by atoms with E-state index in [9.17, 15) is 9.59 Å². The van der Waals surface area contributed by atoms with Crippen LogP contribution in [-0.2, 0) is 23.8 Å². The summed E-state index contributed by atoms with van der Waals surface area (Å²) in [5.41, 5.74) is 0. The Balaban J connectivity index is 4.33. The van der Waals surface area contributed by atoms with E-state index in [0.29, 0.717) is 19.4 Å². The summed E-state index contributed by atoms with van der Waals surface area (Å²) in [7, 11) is 0. The van der Waals surface area contributed by atoms with E-state index < -0.39 is 6.10 Å². The molecule has 0 aliphatic heterocycles. The highest BCUT2D eigenvalue weighted by Crippen LogP contribution is 2.13. The zero-order valence-electron chi connectivity index (χ0n) is 42.9. The quantitative estimate of drug-likeness (QED) is 0.0346. The Hall–Kier alpha value is -3.70. The van der Waals surface area contributed by atoms with Gasteiger partial charge >= 0.3 is 11.9 Å². The highest BCUT2D eigenvalue weighted by molar-refractivity contribution is 5.70. The first-order valence-corrected chi connectivity index (χ1v) is 27.1. The summed E-state index contributed by atoms with van der Waals surface area (Å²) in [6.45, 7) is 7.47. The average molecular weight is 913 g/mol. The third-order valence-electron chi connectivity index (χ3n) is 11.0. The second kappa shape index (κ2) is 55.6. The molecule has 1 unspecified atom stereocenters. The average Bonchev–Trinajstić information content (AvgIpc) is 3.32. The molecule has 0 radical (unpaired) electrons. The molecule has 0 saturated heterocycles. The first-order valence-electron chi connectivity index (χ1n) is 27.1. The maximum absolute atomic E-state index is 12.8. The van der Waals surface area contributed by atoms with Crippen molar-refractivity contribution in [2.75, 3.05) is 19.8 Å². The van der Waals surface area contributed by atoms with Crippen LogP contribution >= 0.6 is 0 Å². The largest absolute Gasteiger partial charge is 0.462 e. The van der Waals surface area contributed by atoms with Gasteiger partial charge in [-0.25, -0.2) is 0 Å². The van der Waals surface area contributed by atoms with Crippen molar-refractivity contribution in [3.05, 3.63) is 122 Å². The second-order valence-electron chi connectivity index (χ2n) is 17.4. The molecule has 374 valence electrons. The standard InChI is InChI=1S/C61H100O5/c1-4-7-10-13-16-19-22-24-26-28-30-32-34-36-38-41-44-47-50-53-56-64-57-59(66-61(63)55-52-49-46-43-39-21-18-15-12-9-6-3)58-65-60(62)54-51-48-45-42-40-37-35-33-31-29-27-25-23-20-17-14-11-8-5-2/h7-8,10-11,15-20,24-27,30-33,36,38,59H,4-6,9,12-14,21-23,28-29,34-35,37,39-58H2,1-3H3/b10-7-,11-8-,18-15-,19-16-,20-17-,26-24-,27-25-,32-30-,33-31-,38-36-. The van der Waals surface area contributed by atoms with Crippen molar-refractivity contribution < 1.29 is 23.8 Å². The molecule has 0 spiro atoms. The summed E-state index contributed by atoms with van der Waals surface area (Å²) >= 11 is 0. The highest BCUT2D eigenvalue weighted by atomic mass is 16.6. The Morgan fingerprint density at radius 3 is 1.11 bits per heavy atom. The molecule has 0 bridgehead atoms. The molecule has 5 nitrogen and oxygen atoms in total. The van der Waals surface area contributed by atoms with Crippen molar-refractivity contribution in [1.29, 1.82) is 0 Å². The lowest BCUT2D eigenvalue weighted by Gasteiger charge is -2.18. The normalized spacial score (nSPS) is 13.2. The van der Waals surface area contributed by atoms with Crippen LogP contribution in [0.3, 0.4) is 0 Å². The van der Waals surface area contributed by atoms with Crippen LogP contribution in [0.5, 0.6) is 0 Å². The van der Waals surface area contributed by atoms with Crippen molar-refractivity contribution in [2.24, 2.45) is 0 Å². The SMILES string of the molecule is CC/C=C\C/C=C\C/C=C\C/C=C\C/C=C\CCCCCCOCC(COC(=O)CCCCCCCC/C=C\C/C=C\C/C=C\C/C=C\CC)OC(=O)CCCCCCC/C=C\CCCC. The summed E-state index contributed by atoms with van der Waals surface area (Å²) in [6, 6.07) is 0. The fraction of sp³-hybridized carbons (Fsp3) is 0.639. The maximum atomic E-state index is 12.8.